The van der Waals surface area contributed by atoms with Gasteiger partial charge in [-0.1, -0.05) is 23.2 Å². The minimum absolute atomic E-state index is 0.0784. The Hall–Kier alpha value is -3.30. The molecular formula is C20H16Cl2N4O5. The van der Waals surface area contributed by atoms with E-state index in [9.17, 15) is 9.59 Å². The molecule has 160 valence electrons. The molecule has 1 amide bonds. The van der Waals surface area contributed by atoms with Crippen molar-refractivity contribution < 1.29 is 23.8 Å². The van der Waals surface area contributed by atoms with Crippen LogP contribution in [0.15, 0.2) is 43.0 Å². The number of carbonyl (C=O) groups excluding carboxylic acids is 2. The molecule has 1 N–H and O–H groups in total. The Kier molecular flexibility index (Phi) is 6.24. The van der Waals surface area contributed by atoms with E-state index in [-0.39, 0.29) is 6.42 Å². The second kappa shape index (κ2) is 9.23. The number of nitrogens with zero attached hydrogens (tertiary/aromatic N) is 3. The number of hydrogen-bond acceptors (Lipinski definition) is 7. The van der Waals surface area contributed by atoms with E-state index in [0.29, 0.717) is 51.7 Å². The predicted molar refractivity (Wildman–Crippen MR) is 112 cm³/mol. The minimum Gasteiger partial charge on any atom is -0.486 e. The van der Waals surface area contributed by atoms with Gasteiger partial charge in [-0.25, -0.2) is 9.67 Å². The number of rotatable bonds is 6. The molecule has 2 heterocycles. The summed E-state index contributed by atoms with van der Waals surface area (Å²) < 4.78 is 17.5. The van der Waals surface area contributed by atoms with Crippen LogP contribution in [0.4, 0.5) is 5.69 Å². The summed E-state index contributed by atoms with van der Waals surface area (Å²) in [6, 6.07) is 8.18. The van der Waals surface area contributed by atoms with Gasteiger partial charge in [-0.05, 0) is 35.9 Å². The van der Waals surface area contributed by atoms with E-state index in [1.165, 1.54) is 17.3 Å². The van der Waals surface area contributed by atoms with Crippen LogP contribution in [-0.4, -0.2) is 46.5 Å². The van der Waals surface area contributed by atoms with Gasteiger partial charge >= 0.3 is 5.97 Å². The van der Waals surface area contributed by atoms with Gasteiger partial charge in [0.25, 0.3) is 5.91 Å². The summed E-state index contributed by atoms with van der Waals surface area (Å²) >= 11 is 12.2. The highest BCUT2D eigenvalue weighted by atomic mass is 35.5. The highest BCUT2D eigenvalue weighted by Crippen LogP contribution is 2.38. The van der Waals surface area contributed by atoms with Crippen LogP contribution in [0.5, 0.6) is 11.5 Å². The standard InChI is InChI=1S/C20H16Cl2N4O5/c21-13-1-2-16(26-11-23-10-24-26)15(8-13)25-18(27)9-31-19(28)7-12-5-14(22)20-17(6-12)29-3-4-30-20/h1-2,5-6,8,10-11H,3-4,7,9H2,(H,25,27). The molecule has 0 atom stereocenters. The number of aromatic nitrogens is 3. The van der Waals surface area contributed by atoms with E-state index in [2.05, 4.69) is 15.4 Å². The number of anilines is 1. The van der Waals surface area contributed by atoms with E-state index in [1.807, 2.05) is 0 Å². The van der Waals surface area contributed by atoms with Crippen molar-refractivity contribution in [2.75, 3.05) is 25.1 Å². The Balaban J connectivity index is 1.36. The molecule has 0 fully saturated rings. The van der Waals surface area contributed by atoms with Crippen LogP contribution in [0, 0.1) is 0 Å². The van der Waals surface area contributed by atoms with Gasteiger partial charge in [-0.3, -0.25) is 9.59 Å². The lowest BCUT2D eigenvalue weighted by Gasteiger charge is -2.20. The minimum atomic E-state index is -0.592. The van der Waals surface area contributed by atoms with Crippen LogP contribution < -0.4 is 14.8 Å². The van der Waals surface area contributed by atoms with Crippen molar-refractivity contribution in [3.05, 3.63) is 58.6 Å². The Bertz CT molecular complexity index is 1120. The highest BCUT2D eigenvalue weighted by Gasteiger charge is 2.19. The molecule has 11 heteroatoms. The quantitative estimate of drug-likeness (QED) is 0.561. The maximum atomic E-state index is 12.3. The first-order valence-electron chi connectivity index (χ1n) is 9.17. The van der Waals surface area contributed by atoms with Crippen molar-refractivity contribution in [3.63, 3.8) is 0 Å². The lowest BCUT2D eigenvalue weighted by molar-refractivity contribution is -0.146. The summed E-state index contributed by atoms with van der Waals surface area (Å²) in [7, 11) is 0. The summed E-state index contributed by atoms with van der Waals surface area (Å²) in [5.74, 6) is -0.197. The number of esters is 1. The van der Waals surface area contributed by atoms with E-state index in [1.54, 1.807) is 30.3 Å². The number of ether oxygens (including phenoxy) is 3. The topological polar surface area (TPSA) is 105 Å². The summed E-state index contributed by atoms with van der Waals surface area (Å²) in [6.07, 6.45) is 2.77. The molecule has 9 nitrogen and oxygen atoms in total. The SMILES string of the molecule is O=C(COC(=O)Cc1cc(Cl)c2c(c1)OCCO2)Nc1cc(Cl)ccc1-n1cncn1. The van der Waals surface area contributed by atoms with Gasteiger partial charge in [0.2, 0.25) is 0 Å². The molecule has 0 saturated heterocycles. The number of halogens is 2. The van der Waals surface area contributed by atoms with E-state index in [4.69, 9.17) is 37.4 Å². The molecule has 0 aliphatic carbocycles. The number of fused-ring (bicyclic) bond motifs is 1. The molecule has 1 aliphatic rings. The Morgan fingerprint density at radius 1 is 1.16 bits per heavy atom. The van der Waals surface area contributed by atoms with Crippen molar-refractivity contribution in [2.24, 2.45) is 0 Å². The zero-order valence-electron chi connectivity index (χ0n) is 16.0. The van der Waals surface area contributed by atoms with Gasteiger partial charge in [0.15, 0.2) is 18.1 Å². The maximum absolute atomic E-state index is 12.3. The molecule has 3 aromatic rings. The zero-order chi connectivity index (χ0) is 21.8. The highest BCUT2D eigenvalue weighted by molar-refractivity contribution is 6.32. The summed E-state index contributed by atoms with van der Waals surface area (Å²) in [5.41, 5.74) is 1.55. The normalized spacial score (nSPS) is 12.3. The van der Waals surface area contributed by atoms with Crippen molar-refractivity contribution in [1.82, 2.24) is 14.8 Å². The third kappa shape index (κ3) is 5.07. The van der Waals surface area contributed by atoms with Gasteiger partial charge in [-0.15, -0.1) is 0 Å². The fraction of sp³-hybridized carbons (Fsp3) is 0.200. The summed E-state index contributed by atoms with van der Waals surface area (Å²) in [5, 5.41) is 7.47. The number of nitrogens with one attached hydrogen (secondary N) is 1. The summed E-state index contributed by atoms with van der Waals surface area (Å²) in [4.78, 5) is 28.4. The number of amides is 1. The lowest BCUT2D eigenvalue weighted by atomic mass is 10.1. The average Bonchev–Trinajstić information content (AvgIpc) is 3.27. The first-order valence-corrected chi connectivity index (χ1v) is 9.93. The van der Waals surface area contributed by atoms with Crippen LogP contribution in [0.25, 0.3) is 5.69 Å². The molecule has 0 radical (unpaired) electrons. The van der Waals surface area contributed by atoms with Crippen molar-refractivity contribution in [1.29, 1.82) is 0 Å². The average molecular weight is 463 g/mol. The molecule has 0 bridgehead atoms. The third-order valence-corrected chi connectivity index (χ3v) is 4.78. The van der Waals surface area contributed by atoms with Gasteiger partial charge < -0.3 is 19.5 Å². The maximum Gasteiger partial charge on any atom is 0.310 e. The predicted octanol–water partition coefficient (Wildman–Crippen LogP) is 3.07. The van der Waals surface area contributed by atoms with Crippen molar-refractivity contribution in [3.8, 4) is 17.2 Å². The molecular weight excluding hydrogens is 447 g/mol. The van der Waals surface area contributed by atoms with Crippen molar-refractivity contribution >= 4 is 40.8 Å². The fourth-order valence-corrected chi connectivity index (χ4v) is 3.42. The molecule has 31 heavy (non-hydrogen) atoms. The molecule has 0 saturated carbocycles. The smallest absolute Gasteiger partial charge is 0.310 e. The second-order valence-electron chi connectivity index (χ2n) is 6.49. The van der Waals surface area contributed by atoms with Gasteiger partial charge in [0.05, 0.1) is 22.8 Å². The van der Waals surface area contributed by atoms with Crippen LogP contribution in [-0.2, 0) is 20.7 Å². The molecule has 0 unspecified atom stereocenters. The second-order valence-corrected chi connectivity index (χ2v) is 7.33. The van der Waals surface area contributed by atoms with Gasteiger partial charge in [0.1, 0.15) is 25.9 Å². The first-order chi connectivity index (χ1) is 15.0. The third-order valence-electron chi connectivity index (χ3n) is 4.27. The molecule has 1 aliphatic heterocycles. The van der Waals surface area contributed by atoms with Gasteiger partial charge in [-0.2, -0.15) is 5.10 Å². The van der Waals surface area contributed by atoms with Crippen molar-refractivity contribution in [2.45, 2.75) is 6.42 Å². The molecule has 2 aromatic carbocycles. The molecule has 4 rings (SSSR count). The van der Waals surface area contributed by atoms with E-state index in [0.717, 1.165) is 0 Å². The van der Waals surface area contributed by atoms with Crippen LogP contribution in [0.1, 0.15) is 5.56 Å². The van der Waals surface area contributed by atoms with Crippen LogP contribution >= 0.6 is 23.2 Å². The van der Waals surface area contributed by atoms with E-state index < -0.39 is 18.5 Å². The van der Waals surface area contributed by atoms with Gasteiger partial charge in [0, 0.05) is 5.02 Å². The monoisotopic (exact) mass is 462 g/mol. The Morgan fingerprint density at radius 3 is 2.81 bits per heavy atom. The Morgan fingerprint density at radius 2 is 2.00 bits per heavy atom. The van der Waals surface area contributed by atoms with E-state index >= 15 is 0 Å². The number of benzene rings is 2. The largest absolute Gasteiger partial charge is 0.486 e. The lowest BCUT2D eigenvalue weighted by Crippen LogP contribution is -2.22. The summed E-state index contributed by atoms with van der Waals surface area (Å²) in [6.45, 7) is 0.340. The molecule has 1 aromatic heterocycles. The van der Waals surface area contributed by atoms with Crippen LogP contribution in [0.3, 0.4) is 0 Å². The number of hydrogen-bond donors (Lipinski definition) is 1. The number of carbonyl (C=O) groups is 2. The fourth-order valence-electron chi connectivity index (χ4n) is 2.96. The van der Waals surface area contributed by atoms with Crippen LogP contribution in [0.2, 0.25) is 10.0 Å². The molecule has 0 spiro atoms. The first kappa shape index (κ1) is 21.0. The Labute approximate surface area is 186 Å². The zero-order valence-corrected chi connectivity index (χ0v) is 17.5.